The molecule has 0 atom stereocenters. The maximum Gasteiger partial charge on any atom is 0.263 e. The van der Waals surface area contributed by atoms with E-state index in [1.165, 1.54) is 12.1 Å². The Kier molecular flexibility index (Phi) is 3.41. The van der Waals surface area contributed by atoms with Crippen molar-refractivity contribution >= 4 is 56.2 Å². The Labute approximate surface area is 109 Å². The highest BCUT2D eigenvalue weighted by molar-refractivity contribution is 9.10. The molecule has 0 spiro atoms. The van der Waals surface area contributed by atoms with Gasteiger partial charge in [-0.05, 0) is 24.3 Å². The highest BCUT2D eigenvalue weighted by Crippen LogP contribution is 2.27. The van der Waals surface area contributed by atoms with Gasteiger partial charge in [-0.3, -0.25) is 4.79 Å². The lowest BCUT2D eigenvalue weighted by molar-refractivity contribution is -0.115. The van der Waals surface area contributed by atoms with Crippen molar-refractivity contribution < 1.29 is 9.18 Å². The van der Waals surface area contributed by atoms with Crippen molar-refractivity contribution in [3.63, 3.8) is 0 Å². The van der Waals surface area contributed by atoms with Crippen LogP contribution < -0.4 is 5.32 Å². The molecule has 1 N–H and O–H groups in total. The van der Waals surface area contributed by atoms with Gasteiger partial charge >= 0.3 is 0 Å². The number of thiocarbonyl (C=S) groups is 1. The van der Waals surface area contributed by atoms with Crippen molar-refractivity contribution in [1.29, 1.82) is 0 Å². The molecular weight excluding hydrogens is 313 g/mol. The summed E-state index contributed by atoms with van der Waals surface area (Å²) in [5, 5.41) is 2.47. The monoisotopic (exact) mass is 317 g/mol. The number of rotatable bonds is 1. The van der Waals surface area contributed by atoms with Crippen LogP contribution in [0.15, 0.2) is 27.6 Å². The largest absolute Gasteiger partial charge is 0.307 e. The molecule has 1 aliphatic rings. The standard InChI is InChI=1S/C10H5BrFNOS2/c11-6-1-2-7(12)5(3-6)4-8-9(14)13-10(15)16-8/h1-4H,(H,13,14,15). The Hall–Kier alpha value is -0.720. The minimum absolute atomic E-state index is 0.283. The Morgan fingerprint density at radius 1 is 1.50 bits per heavy atom. The molecule has 2 nitrogen and oxygen atoms in total. The quantitative estimate of drug-likeness (QED) is 0.637. The van der Waals surface area contributed by atoms with Gasteiger partial charge in [0, 0.05) is 10.0 Å². The average molecular weight is 318 g/mol. The fourth-order valence-electron chi connectivity index (χ4n) is 1.19. The molecule has 1 heterocycles. The number of halogens is 2. The smallest absolute Gasteiger partial charge is 0.263 e. The highest BCUT2D eigenvalue weighted by Gasteiger charge is 2.22. The second-order valence-corrected chi connectivity index (χ2v) is 5.65. The van der Waals surface area contributed by atoms with Gasteiger partial charge in [0.25, 0.3) is 5.91 Å². The van der Waals surface area contributed by atoms with Gasteiger partial charge in [-0.2, -0.15) is 0 Å². The maximum atomic E-state index is 13.4. The van der Waals surface area contributed by atoms with Gasteiger partial charge in [0.05, 0.1) is 4.91 Å². The molecule has 0 aromatic heterocycles. The number of carbonyl (C=O) groups is 1. The molecule has 1 fully saturated rings. The molecule has 0 saturated carbocycles. The van der Waals surface area contributed by atoms with E-state index in [9.17, 15) is 9.18 Å². The fraction of sp³-hybridized carbons (Fsp3) is 0. The number of carbonyl (C=O) groups excluding carboxylic acids is 1. The number of nitrogens with one attached hydrogen (secondary N) is 1. The SMILES string of the molecule is O=C1NC(=S)SC1=Cc1cc(Br)ccc1F. The molecule has 0 bridgehead atoms. The third-order valence-electron chi connectivity index (χ3n) is 1.89. The third-order valence-corrected chi connectivity index (χ3v) is 3.54. The molecule has 2 rings (SSSR count). The summed E-state index contributed by atoms with van der Waals surface area (Å²) < 4.78 is 14.6. The van der Waals surface area contributed by atoms with Crippen LogP contribution in [0.25, 0.3) is 6.08 Å². The second kappa shape index (κ2) is 4.65. The van der Waals surface area contributed by atoms with Crippen LogP contribution in [0.4, 0.5) is 4.39 Å². The molecule has 1 saturated heterocycles. The third kappa shape index (κ3) is 2.50. The van der Waals surface area contributed by atoms with Gasteiger partial charge in [-0.15, -0.1) is 0 Å². The van der Waals surface area contributed by atoms with Crippen LogP contribution in [0.1, 0.15) is 5.56 Å². The Morgan fingerprint density at radius 3 is 2.88 bits per heavy atom. The summed E-state index contributed by atoms with van der Waals surface area (Å²) in [5.41, 5.74) is 0.358. The first kappa shape index (κ1) is 11.8. The average Bonchev–Trinajstić information content (AvgIpc) is 2.51. The lowest BCUT2D eigenvalue weighted by atomic mass is 10.2. The van der Waals surface area contributed by atoms with Gasteiger partial charge < -0.3 is 5.32 Å². The van der Waals surface area contributed by atoms with Crippen LogP contribution in [0.3, 0.4) is 0 Å². The van der Waals surface area contributed by atoms with Crippen molar-refractivity contribution in [3.8, 4) is 0 Å². The molecule has 16 heavy (non-hydrogen) atoms. The number of hydrogen-bond donors (Lipinski definition) is 1. The first-order valence-electron chi connectivity index (χ1n) is 4.26. The van der Waals surface area contributed by atoms with Crippen LogP contribution in [0.2, 0.25) is 0 Å². The zero-order valence-corrected chi connectivity index (χ0v) is 11.0. The Bertz CT molecular complexity index is 516. The van der Waals surface area contributed by atoms with Gasteiger partial charge in [0.15, 0.2) is 0 Å². The minimum Gasteiger partial charge on any atom is -0.307 e. The summed E-state index contributed by atoms with van der Waals surface area (Å²) >= 11 is 9.21. The summed E-state index contributed by atoms with van der Waals surface area (Å²) in [7, 11) is 0. The predicted octanol–water partition coefficient (Wildman–Crippen LogP) is 3.08. The zero-order valence-electron chi connectivity index (χ0n) is 7.79. The van der Waals surface area contributed by atoms with E-state index in [1.807, 2.05) is 0 Å². The van der Waals surface area contributed by atoms with E-state index in [4.69, 9.17) is 12.2 Å². The van der Waals surface area contributed by atoms with E-state index in [-0.39, 0.29) is 11.7 Å². The fourth-order valence-corrected chi connectivity index (χ4v) is 2.60. The van der Waals surface area contributed by atoms with E-state index >= 15 is 0 Å². The molecular formula is C10H5BrFNOS2. The first-order valence-corrected chi connectivity index (χ1v) is 6.28. The van der Waals surface area contributed by atoms with E-state index in [0.29, 0.717) is 14.8 Å². The van der Waals surface area contributed by atoms with Gasteiger partial charge in [-0.25, -0.2) is 4.39 Å². The molecule has 1 amide bonds. The molecule has 1 aromatic carbocycles. The number of thioether (sulfide) groups is 1. The molecule has 1 aliphatic heterocycles. The van der Waals surface area contributed by atoms with Crippen LogP contribution in [-0.4, -0.2) is 10.2 Å². The number of benzene rings is 1. The maximum absolute atomic E-state index is 13.4. The van der Waals surface area contributed by atoms with Crippen LogP contribution in [0.5, 0.6) is 0 Å². The molecule has 82 valence electrons. The molecule has 0 aliphatic carbocycles. The lowest BCUT2D eigenvalue weighted by Crippen LogP contribution is -2.17. The molecule has 0 unspecified atom stereocenters. The van der Waals surface area contributed by atoms with Crippen molar-refractivity contribution in [1.82, 2.24) is 5.32 Å². The Morgan fingerprint density at radius 2 is 2.25 bits per heavy atom. The normalized spacial score (nSPS) is 18.0. The topological polar surface area (TPSA) is 29.1 Å². The highest BCUT2D eigenvalue weighted by atomic mass is 79.9. The van der Waals surface area contributed by atoms with Crippen LogP contribution in [-0.2, 0) is 4.79 Å². The summed E-state index contributed by atoms with van der Waals surface area (Å²) in [6.07, 6.45) is 1.49. The van der Waals surface area contributed by atoms with Crippen molar-refractivity contribution in [2.75, 3.05) is 0 Å². The lowest BCUT2D eigenvalue weighted by Gasteiger charge is -1.98. The zero-order chi connectivity index (χ0) is 11.7. The van der Waals surface area contributed by atoms with Gasteiger partial charge in [-0.1, -0.05) is 39.9 Å². The molecule has 6 heteroatoms. The second-order valence-electron chi connectivity index (χ2n) is 3.02. The Balaban J connectivity index is 2.39. The summed E-state index contributed by atoms with van der Waals surface area (Å²) in [6, 6.07) is 4.55. The predicted molar refractivity (Wildman–Crippen MR) is 70.4 cm³/mol. The van der Waals surface area contributed by atoms with Gasteiger partial charge in [0.1, 0.15) is 10.1 Å². The summed E-state index contributed by atoms with van der Waals surface area (Å²) in [5.74, 6) is -0.656. The summed E-state index contributed by atoms with van der Waals surface area (Å²) in [6.45, 7) is 0. The minimum atomic E-state index is -0.373. The number of amides is 1. The molecule has 0 radical (unpaired) electrons. The van der Waals surface area contributed by atoms with Crippen LogP contribution in [0, 0.1) is 5.82 Å². The van der Waals surface area contributed by atoms with E-state index < -0.39 is 0 Å². The van der Waals surface area contributed by atoms with E-state index in [1.54, 1.807) is 12.1 Å². The van der Waals surface area contributed by atoms with Crippen molar-refractivity contribution in [2.24, 2.45) is 0 Å². The molecule has 1 aromatic rings. The van der Waals surface area contributed by atoms with Gasteiger partial charge in [0.2, 0.25) is 0 Å². The van der Waals surface area contributed by atoms with Crippen LogP contribution >= 0.6 is 39.9 Å². The first-order chi connectivity index (χ1) is 7.56. The van der Waals surface area contributed by atoms with E-state index in [2.05, 4.69) is 21.2 Å². The number of hydrogen-bond acceptors (Lipinski definition) is 3. The van der Waals surface area contributed by atoms with Crippen molar-refractivity contribution in [3.05, 3.63) is 39.0 Å². The van der Waals surface area contributed by atoms with Crippen molar-refractivity contribution in [2.45, 2.75) is 0 Å². The summed E-state index contributed by atoms with van der Waals surface area (Å²) in [4.78, 5) is 11.8. The van der Waals surface area contributed by atoms with E-state index in [0.717, 1.165) is 16.2 Å².